The van der Waals surface area contributed by atoms with Gasteiger partial charge in [0.25, 0.3) is 5.91 Å². The van der Waals surface area contributed by atoms with Gasteiger partial charge < -0.3 is 14.6 Å². The van der Waals surface area contributed by atoms with Crippen molar-refractivity contribution in [3.63, 3.8) is 0 Å². The molecule has 2 aliphatic heterocycles. The van der Waals surface area contributed by atoms with E-state index in [1.54, 1.807) is 25.5 Å². The Bertz CT molecular complexity index is 1120. The number of aromatic nitrogens is 4. The highest BCUT2D eigenvalue weighted by molar-refractivity contribution is 6.02. The van der Waals surface area contributed by atoms with Crippen LogP contribution in [0, 0.1) is 12.7 Å². The van der Waals surface area contributed by atoms with Gasteiger partial charge in [0.15, 0.2) is 11.5 Å². The number of amides is 1. The number of alkyl halides is 1. The average Bonchev–Trinajstić information content (AvgIpc) is 3.47. The summed E-state index contributed by atoms with van der Waals surface area (Å²) in [5.74, 6) is -0.301. The summed E-state index contributed by atoms with van der Waals surface area (Å²) in [4.78, 5) is 29.6. The van der Waals surface area contributed by atoms with Crippen LogP contribution in [-0.4, -0.2) is 68.6 Å². The zero-order chi connectivity index (χ0) is 21.5. The van der Waals surface area contributed by atoms with E-state index in [2.05, 4.69) is 30.1 Å². The molecule has 2 aliphatic rings. The number of hydrogen-bond acceptors (Lipinski definition) is 6. The third-order valence-electron chi connectivity index (χ3n) is 5.92. The Balaban J connectivity index is 1.24. The molecular weight excluding hydrogens is 404 g/mol. The number of nitrogens with one attached hydrogen (secondary N) is 1. The van der Waals surface area contributed by atoms with Crippen molar-refractivity contribution in [2.24, 2.45) is 0 Å². The summed E-state index contributed by atoms with van der Waals surface area (Å²) in [6.07, 6.45) is 7.11. The van der Waals surface area contributed by atoms with Gasteiger partial charge in [-0.05, 0) is 19.8 Å². The Labute approximate surface area is 177 Å². The molecule has 2 fully saturated rings. The van der Waals surface area contributed by atoms with Gasteiger partial charge in [0.2, 0.25) is 0 Å². The summed E-state index contributed by atoms with van der Waals surface area (Å²) in [5.41, 5.74) is 1.33. The van der Waals surface area contributed by atoms with Crippen LogP contribution in [0.5, 0.6) is 0 Å². The topological polar surface area (TPSA) is 78.7 Å². The van der Waals surface area contributed by atoms with E-state index in [9.17, 15) is 13.6 Å². The van der Waals surface area contributed by atoms with E-state index in [1.165, 1.54) is 16.7 Å². The molecule has 0 aromatic carbocycles. The molecule has 5 rings (SSSR count). The summed E-state index contributed by atoms with van der Waals surface area (Å²) >= 11 is 0. The second kappa shape index (κ2) is 7.84. The number of pyridine rings is 1. The molecule has 3 aromatic rings. The van der Waals surface area contributed by atoms with E-state index in [1.807, 2.05) is 0 Å². The van der Waals surface area contributed by atoms with Crippen LogP contribution >= 0.6 is 0 Å². The number of carbonyl (C=O) groups excluding carboxylic acids is 1. The molecule has 2 saturated heterocycles. The van der Waals surface area contributed by atoms with Gasteiger partial charge in [-0.1, -0.05) is 0 Å². The SMILES string of the molecule is Cc1cn2cc(NC(=O)c3cnc(N4CC[C@@H](N5CC[C@@H](F)C5)C4)cn3)cc(F)c2n1. The largest absolute Gasteiger partial charge is 0.354 e. The third-order valence-corrected chi connectivity index (χ3v) is 5.92. The molecule has 31 heavy (non-hydrogen) atoms. The molecule has 3 aromatic heterocycles. The number of nitrogens with zero attached hydrogens (tertiary/aromatic N) is 6. The van der Waals surface area contributed by atoms with Crippen LogP contribution in [0.2, 0.25) is 0 Å². The predicted octanol–water partition coefficient (Wildman–Crippen LogP) is 2.45. The highest BCUT2D eigenvalue weighted by Gasteiger charge is 2.33. The average molecular weight is 427 g/mol. The molecule has 8 nitrogen and oxygen atoms in total. The maximum atomic E-state index is 14.2. The van der Waals surface area contributed by atoms with Crippen molar-refractivity contribution in [1.29, 1.82) is 0 Å². The van der Waals surface area contributed by atoms with Crippen LogP contribution < -0.4 is 10.2 Å². The normalized spacial score (nSPS) is 21.8. The minimum absolute atomic E-state index is 0.140. The number of fused-ring (bicyclic) bond motifs is 1. The first kappa shape index (κ1) is 19.8. The van der Waals surface area contributed by atoms with E-state index in [-0.39, 0.29) is 11.3 Å². The van der Waals surface area contributed by atoms with Crippen molar-refractivity contribution in [2.75, 3.05) is 36.4 Å². The molecule has 10 heteroatoms. The molecule has 0 spiro atoms. The fourth-order valence-electron chi connectivity index (χ4n) is 4.37. The number of imidazole rings is 1. The Kier molecular flexibility index (Phi) is 5.01. The summed E-state index contributed by atoms with van der Waals surface area (Å²) in [6, 6.07) is 1.55. The molecule has 0 radical (unpaired) electrons. The molecule has 0 aliphatic carbocycles. The van der Waals surface area contributed by atoms with Crippen LogP contribution in [0.3, 0.4) is 0 Å². The van der Waals surface area contributed by atoms with Gasteiger partial charge in [-0.2, -0.15) is 0 Å². The van der Waals surface area contributed by atoms with Crippen molar-refractivity contribution >= 4 is 23.1 Å². The first-order valence-electron chi connectivity index (χ1n) is 10.4. The minimum Gasteiger partial charge on any atom is -0.354 e. The quantitative estimate of drug-likeness (QED) is 0.689. The maximum absolute atomic E-state index is 14.2. The fraction of sp³-hybridized carbons (Fsp3) is 0.429. The molecule has 0 bridgehead atoms. The molecular formula is C21H23F2N7O. The molecule has 162 valence electrons. The number of hydrogen-bond donors (Lipinski definition) is 1. The Morgan fingerprint density at radius 3 is 2.77 bits per heavy atom. The van der Waals surface area contributed by atoms with Crippen LogP contribution in [0.4, 0.5) is 20.3 Å². The first-order chi connectivity index (χ1) is 15.0. The van der Waals surface area contributed by atoms with Crippen molar-refractivity contribution in [3.8, 4) is 0 Å². The van der Waals surface area contributed by atoms with Gasteiger partial charge in [0, 0.05) is 50.7 Å². The van der Waals surface area contributed by atoms with Crippen molar-refractivity contribution in [2.45, 2.75) is 32.0 Å². The lowest BCUT2D eigenvalue weighted by Crippen LogP contribution is -2.36. The second-order valence-corrected chi connectivity index (χ2v) is 8.17. The number of anilines is 2. The number of likely N-dealkylation sites (tertiary alicyclic amines) is 1. The molecule has 1 amide bonds. The smallest absolute Gasteiger partial charge is 0.275 e. The third kappa shape index (κ3) is 3.95. The van der Waals surface area contributed by atoms with Gasteiger partial charge in [-0.15, -0.1) is 0 Å². The van der Waals surface area contributed by atoms with E-state index in [4.69, 9.17) is 0 Å². The van der Waals surface area contributed by atoms with Crippen molar-refractivity contribution < 1.29 is 13.6 Å². The Hall–Kier alpha value is -3.14. The standard InChI is InChI=1S/C21H23F2N7O/c1-13-9-30-11-15(6-17(23)20(30)26-13)27-21(31)18-7-25-19(8-24-18)29-5-3-16(12-29)28-4-2-14(22)10-28/h6-9,11,14,16H,2-5,10,12H2,1H3,(H,27,31)/t14-,16-/m1/s1. The van der Waals surface area contributed by atoms with E-state index in [0.717, 1.165) is 26.1 Å². The Morgan fingerprint density at radius 1 is 1.16 bits per heavy atom. The van der Waals surface area contributed by atoms with Gasteiger partial charge >= 0.3 is 0 Å². The lowest BCUT2D eigenvalue weighted by atomic mass is 10.2. The number of halogens is 2. The van der Waals surface area contributed by atoms with Crippen LogP contribution in [0.15, 0.2) is 30.9 Å². The van der Waals surface area contributed by atoms with Gasteiger partial charge in [0.05, 0.1) is 23.8 Å². The fourth-order valence-corrected chi connectivity index (χ4v) is 4.37. The van der Waals surface area contributed by atoms with Crippen LogP contribution in [0.25, 0.3) is 5.65 Å². The number of carbonyl (C=O) groups is 1. The summed E-state index contributed by atoms with van der Waals surface area (Å²) in [5, 5.41) is 2.65. The van der Waals surface area contributed by atoms with E-state index < -0.39 is 17.9 Å². The van der Waals surface area contributed by atoms with Crippen LogP contribution in [0.1, 0.15) is 29.0 Å². The summed E-state index contributed by atoms with van der Waals surface area (Å²) < 4.78 is 29.2. The molecule has 0 unspecified atom stereocenters. The van der Waals surface area contributed by atoms with Crippen molar-refractivity contribution in [3.05, 3.63) is 48.1 Å². The highest BCUT2D eigenvalue weighted by Crippen LogP contribution is 2.25. The monoisotopic (exact) mass is 427 g/mol. The maximum Gasteiger partial charge on any atom is 0.275 e. The van der Waals surface area contributed by atoms with Gasteiger partial charge in [0.1, 0.15) is 17.7 Å². The molecule has 0 saturated carbocycles. The Morgan fingerprint density at radius 2 is 2.03 bits per heavy atom. The highest BCUT2D eigenvalue weighted by atomic mass is 19.1. The van der Waals surface area contributed by atoms with E-state index in [0.29, 0.717) is 36.2 Å². The lowest BCUT2D eigenvalue weighted by Gasteiger charge is -2.23. The first-order valence-corrected chi connectivity index (χ1v) is 10.4. The molecule has 1 N–H and O–H groups in total. The predicted molar refractivity (Wildman–Crippen MR) is 112 cm³/mol. The molecule has 2 atom stereocenters. The zero-order valence-electron chi connectivity index (χ0n) is 17.1. The second-order valence-electron chi connectivity index (χ2n) is 8.17. The zero-order valence-corrected chi connectivity index (χ0v) is 17.1. The van der Waals surface area contributed by atoms with Crippen molar-refractivity contribution in [1.82, 2.24) is 24.3 Å². The summed E-state index contributed by atoms with van der Waals surface area (Å²) in [7, 11) is 0. The number of aryl methyl sites for hydroxylation is 1. The van der Waals surface area contributed by atoms with Crippen LogP contribution in [-0.2, 0) is 0 Å². The molecule has 5 heterocycles. The minimum atomic E-state index is -0.723. The number of rotatable bonds is 4. The van der Waals surface area contributed by atoms with Gasteiger partial charge in [-0.25, -0.2) is 23.7 Å². The van der Waals surface area contributed by atoms with Gasteiger partial charge in [-0.3, -0.25) is 9.69 Å². The van der Waals surface area contributed by atoms with E-state index >= 15 is 0 Å². The lowest BCUT2D eigenvalue weighted by molar-refractivity contribution is 0.102. The summed E-state index contributed by atoms with van der Waals surface area (Å²) in [6.45, 7) is 4.68.